The minimum Gasteiger partial charge on any atom is -0.508 e. The number of fused-ring (bicyclic) bond motifs is 5. The number of H-pyrrole nitrogens is 1. The van der Waals surface area contributed by atoms with E-state index in [4.69, 9.17) is 15.6 Å². The van der Waals surface area contributed by atoms with Crippen LogP contribution in [-0.4, -0.2) is 168 Å². The van der Waals surface area contributed by atoms with E-state index in [0.29, 0.717) is 32.1 Å². The van der Waals surface area contributed by atoms with Gasteiger partial charge in [-0.05, 0) is 42.9 Å². The fourth-order valence-electron chi connectivity index (χ4n) is 9.39. The van der Waals surface area contributed by atoms with Crippen molar-refractivity contribution in [3.05, 3.63) is 23.8 Å². The summed E-state index contributed by atoms with van der Waals surface area (Å²) in [6.07, 6.45) is -4.20. The molecule has 7 amide bonds. The number of primary amides is 1. The highest BCUT2D eigenvalue weighted by atomic mass is 32.2. The molecular formula is C49H68N8O17S. The Balaban J connectivity index is 1.64. The number of aliphatic carboxylic acids is 1. The van der Waals surface area contributed by atoms with E-state index in [1.165, 1.54) is 25.1 Å². The van der Waals surface area contributed by atoms with Gasteiger partial charge in [-0.3, -0.25) is 56.9 Å². The number of hydrogen-bond acceptors (Lipinski definition) is 16. The summed E-state index contributed by atoms with van der Waals surface area (Å²) in [6.45, 7) is 2.07. The van der Waals surface area contributed by atoms with Gasteiger partial charge < -0.3 is 67.4 Å². The molecule has 12 N–H and O–H groups in total. The summed E-state index contributed by atoms with van der Waals surface area (Å²) in [5.41, 5.74) is 5.89. The number of aliphatic hydroxyl groups is 2. The van der Waals surface area contributed by atoms with Crippen molar-refractivity contribution in [1.82, 2.24) is 36.5 Å². The summed E-state index contributed by atoms with van der Waals surface area (Å²) >= 11 is 0. The van der Waals surface area contributed by atoms with E-state index >= 15 is 0 Å². The van der Waals surface area contributed by atoms with Crippen LogP contribution in [0.2, 0.25) is 0 Å². The number of aromatic nitrogens is 1. The Morgan fingerprint density at radius 1 is 0.853 bits per heavy atom. The van der Waals surface area contributed by atoms with Crippen molar-refractivity contribution in [2.24, 2.45) is 29.4 Å². The summed E-state index contributed by atoms with van der Waals surface area (Å²) in [5.74, 6) is -16.1. The monoisotopic (exact) mass is 1070 g/mol. The predicted molar refractivity (Wildman–Crippen MR) is 264 cm³/mol. The highest BCUT2D eigenvalue weighted by Crippen LogP contribution is 2.33. The van der Waals surface area contributed by atoms with Crippen LogP contribution >= 0.6 is 0 Å². The number of carboxylic acid groups (broad SMARTS) is 1. The van der Waals surface area contributed by atoms with Crippen LogP contribution in [0.3, 0.4) is 0 Å². The Bertz CT molecular complexity index is 2540. The molecule has 0 aliphatic carbocycles. The van der Waals surface area contributed by atoms with Crippen LogP contribution < -0.4 is 32.3 Å². The number of amides is 7. The van der Waals surface area contributed by atoms with Gasteiger partial charge in [-0.2, -0.15) is 0 Å². The second kappa shape index (κ2) is 27.1. The lowest BCUT2D eigenvalue weighted by molar-refractivity contribution is -0.149. The number of aromatic amines is 1. The average molecular weight is 1070 g/mol. The molecule has 1 aromatic carbocycles. The molecule has 4 heterocycles. The standard InChI is InChI=1S/C49H68N8O17S/c1-4-24(2)43-47(71)52-19-39(64)53-33-23-75(73)48-31(30-12-11-28(58)17-32(30)54-48)13-26(45(69)51-20-40(65)55-43)14-36(61)44(25(3)37(62)22-74-42(68)10-8-6-5-7-9-41(66)67)56-46(70)34-18-29(59)21-57(34)49(72)27(15-35(33)60)16-38(50)63/h11-12,17,24-27,29,33-34,37,43-44,54,58-59,62H,4-10,13-16,18-23H2,1-3H3,(H2,50,63)(H,51,69)(H,52,71)(H,53,64)(H,55,65)(H,56,70)(H,66,67)/t24-,25-,26?,27-,29?,33?,34-,37-,43-,44-,75+/m0/s1. The SMILES string of the molecule is CC[C@H](C)[C@@H]1NC(=O)CNC(=O)C2CC(=O)[C@H]([C@@H](C)[C@@H](O)COC(=O)CCCCCCC(=O)O)NC(=O)[C@@H]3CC(O)CN3C(=O)[C@H](CC(N)=O)CC(=O)C(C[S@@](=O)c3[nH]c4cc(O)ccc4c3C2)NC(=O)CNC1=O. The number of aliphatic hydroxyl groups excluding tert-OH is 2. The van der Waals surface area contributed by atoms with Gasteiger partial charge in [0.05, 0.1) is 65.4 Å². The van der Waals surface area contributed by atoms with Crippen LogP contribution in [0.5, 0.6) is 5.75 Å². The third-order valence-corrected chi connectivity index (χ3v) is 15.3. The molecule has 11 atom stereocenters. The summed E-state index contributed by atoms with van der Waals surface area (Å²) in [4.78, 5) is 154. The van der Waals surface area contributed by atoms with Gasteiger partial charge in [-0.15, -0.1) is 0 Å². The molecule has 1 saturated heterocycles. The second-order valence-electron chi connectivity index (χ2n) is 19.6. The minimum absolute atomic E-state index is 0.0289. The maximum absolute atomic E-state index is 15.0. The highest BCUT2D eigenvalue weighted by Gasteiger charge is 2.45. The number of ether oxygens (including phenoxy) is 1. The first-order valence-electron chi connectivity index (χ1n) is 25.0. The van der Waals surface area contributed by atoms with Gasteiger partial charge in [-0.25, -0.2) is 0 Å². The van der Waals surface area contributed by atoms with E-state index in [-0.39, 0.29) is 40.1 Å². The number of phenolic OH excluding ortho intramolecular Hbond substituents is 1. The zero-order chi connectivity index (χ0) is 55.3. The van der Waals surface area contributed by atoms with Gasteiger partial charge in [0.15, 0.2) is 11.6 Å². The smallest absolute Gasteiger partial charge is 0.305 e. The molecule has 26 heteroatoms. The van der Waals surface area contributed by atoms with Gasteiger partial charge in [0, 0.05) is 68.4 Å². The quantitative estimate of drug-likeness (QED) is 0.0695. The first-order chi connectivity index (χ1) is 35.5. The number of carbonyl (C=O) groups is 11. The van der Waals surface area contributed by atoms with Crippen molar-refractivity contribution in [1.29, 1.82) is 0 Å². The van der Waals surface area contributed by atoms with Gasteiger partial charge >= 0.3 is 11.9 Å². The molecule has 2 bridgehead atoms. The molecule has 3 aliphatic heterocycles. The average Bonchev–Trinajstić information content (AvgIpc) is 3.93. The fraction of sp³-hybridized carbons (Fsp3) is 0.612. The molecular weight excluding hydrogens is 1000 g/mol. The fourth-order valence-corrected chi connectivity index (χ4v) is 10.8. The van der Waals surface area contributed by atoms with Crippen molar-refractivity contribution in [2.75, 3.05) is 32.0 Å². The molecule has 3 aliphatic rings. The molecule has 0 spiro atoms. The second-order valence-corrected chi connectivity index (χ2v) is 21.0. The zero-order valence-electron chi connectivity index (χ0n) is 42.1. The lowest BCUT2D eigenvalue weighted by Crippen LogP contribution is -2.56. The van der Waals surface area contributed by atoms with E-state index in [9.17, 15) is 72.3 Å². The number of nitrogens with two attached hydrogens (primary N) is 1. The molecule has 1 aromatic heterocycles. The number of phenols is 1. The topological polar surface area (TPSA) is 400 Å². The van der Waals surface area contributed by atoms with Crippen molar-refractivity contribution < 1.29 is 82.1 Å². The first-order valence-corrected chi connectivity index (χ1v) is 26.3. The number of rotatable bonds is 15. The van der Waals surface area contributed by atoms with E-state index in [1.54, 1.807) is 13.8 Å². The number of carboxylic acids is 1. The number of ketones is 2. The van der Waals surface area contributed by atoms with Crippen molar-refractivity contribution in [2.45, 2.75) is 139 Å². The lowest BCUT2D eigenvalue weighted by Gasteiger charge is -2.32. The third-order valence-electron chi connectivity index (χ3n) is 13.9. The molecule has 5 rings (SSSR count). The van der Waals surface area contributed by atoms with Gasteiger partial charge in [0.2, 0.25) is 41.4 Å². The Labute approximate surface area is 434 Å². The zero-order valence-corrected chi connectivity index (χ0v) is 42.9. The normalized spacial score (nSPS) is 26.1. The van der Waals surface area contributed by atoms with Crippen LogP contribution in [0.4, 0.5) is 0 Å². The van der Waals surface area contributed by atoms with Crippen molar-refractivity contribution in [3.63, 3.8) is 0 Å². The number of nitrogens with zero attached hydrogens (tertiary/aromatic N) is 1. The predicted octanol–water partition coefficient (Wildman–Crippen LogP) is -1.76. The first kappa shape index (κ1) is 59.1. The van der Waals surface area contributed by atoms with E-state index in [1.807, 2.05) is 0 Å². The Morgan fingerprint density at radius 2 is 1.52 bits per heavy atom. The van der Waals surface area contributed by atoms with Gasteiger partial charge in [-0.1, -0.05) is 40.0 Å². The Morgan fingerprint density at radius 3 is 2.19 bits per heavy atom. The molecule has 412 valence electrons. The van der Waals surface area contributed by atoms with Crippen LogP contribution in [0.1, 0.15) is 97.0 Å². The Kier molecular flexibility index (Phi) is 21.4. The van der Waals surface area contributed by atoms with Crippen molar-refractivity contribution >= 4 is 86.6 Å². The highest BCUT2D eigenvalue weighted by molar-refractivity contribution is 7.85. The number of benzene rings is 1. The molecule has 1 fully saturated rings. The van der Waals surface area contributed by atoms with E-state index < -0.39 is 200 Å². The van der Waals surface area contributed by atoms with Crippen LogP contribution in [0.15, 0.2) is 23.2 Å². The van der Waals surface area contributed by atoms with Crippen molar-refractivity contribution in [3.8, 4) is 5.75 Å². The number of nitrogens with one attached hydrogen (secondary N) is 6. The van der Waals surface area contributed by atoms with Crippen LogP contribution in [-0.2, 0) is 74.7 Å². The maximum atomic E-state index is 15.0. The summed E-state index contributed by atoms with van der Waals surface area (Å²) in [7, 11) is -2.36. The number of carbonyl (C=O) groups excluding carboxylic acids is 10. The van der Waals surface area contributed by atoms with E-state index in [0.717, 1.165) is 4.90 Å². The molecule has 3 unspecified atom stereocenters. The molecule has 0 radical (unpaired) electrons. The molecule has 25 nitrogen and oxygen atoms in total. The van der Waals surface area contributed by atoms with Gasteiger partial charge in [0.1, 0.15) is 29.5 Å². The van der Waals surface area contributed by atoms with E-state index in [2.05, 4.69) is 31.6 Å². The molecule has 0 saturated carbocycles. The molecule has 75 heavy (non-hydrogen) atoms. The summed E-state index contributed by atoms with van der Waals surface area (Å²) in [6, 6.07) is -2.26. The maximum Gasteiger partial charge on any atom is 0.305 e. The number of esters is 1. The van der Waals surface area contributed by atoms with Crippen LogP contribution in [0, 0.1) is 23.7 Å². The number of hydrogen-bond donors (Lipinski definition) is 11. The largest absolute Gasteiger partial charge is 0.508 e. The Hall–Kier alpha value is -6.80. The summed E-state index contributed by atoms with van der Waals surface area (Å²) in [5, 5.41) is 54.4. The number of Topliss-reactive ketones (excluding diaryl/α,β-unsaturated/α-hetero) is 2. The molecule has 2 aromatic rings. The summed E-state index contributed by atoms with van der Waals surface area (Å²) < 4.78 is 20.1. The minimum atomic E-state index is -2.36. The van der Waals surface area contributed by atoms with Gasteiger partial charge in [0.25, 0.3) is 0 Å². The number of aromatic hydroxyl groups is 1. The lowest BCUT2D eigenvalue weighted by atomic mass is 9.85. The van der Waals surface area contributed by atoms with Crippen LogP contribution in [0.25, 0.3) is 10.9 Å². The number of unbranched alkanes of at least 4 members (excludes halogenated alkanes) is 3. The third kappa shape index (κ3) is 16.3.